The van der Waals surface area contributed by atoms with E-state index in [9.17, 15) is 4.79 Å². The third kappa shape index (κ3) is 2.66. The van der Waals surface area contributed by atoms with Gasteiger partial charge in [0.05, 0.1) is 6.04 Å². The van der Waals surface area contributed by atoms with Gasteiger partial charge >= 0.3 is 0 Å². The zero-order valence-corrected chi connectivity index (χ0v) is 7.52. The van der Waals surface area contributed by atoms with Crippen LogP contribution in [-0.4, -0.2) is 25.0 Å². The molecule has 0 aromatic carbocycles. The minimum Gasteiger partial charge on any atom is -0.355 e. The number of rotatable bonds is 3. The Balaban J connectivity index is 2.29. The Labute approximate surface area is 73.2 Å². The average molecular weight is 168 g/mol. The molecule has 0 spiro atoms. The second-order valence-electron chi connectivity index (χ2n) is 3.32. The first kappa shape index (κ1) is 9.26. The SMILES string of the molecule is C=C(C)CNC1CCCNC1=O. The molecule has 3 heteroatoms. The molecule has 1 atom stereocenters. The van der Waals surface area contributed by atoms with Crippen LogP contribution in [0.1, 0.15) is 19.8 Å². The highest BCUT2D eigenvalue weighted by Crippen LogP contribution is 2.02. The first-order valence-electron chi connectivity index (χ1n) is 4.35. The Bertz CT molecular complexity index is 189. The second kappa shape index (κ2) is 4.26. The summed E-state index contributed by atoms with van der Waals surface area (Å²) in [4.78, 5) is 11.2. The number of carbonyl (C=O) groups is 1. The fourth-order valence-electron chi connectivity index (χ4n) is 1.26. The first-order valence-corrected chi connectivity index (χ1v) is 4.35. The fraction of sp³-hybridized carbons (Fsp3) is 0.667. The van der Waals surface area contributed by atoms with Crippen molar-refractivity contribution in [2.45, 2.75) is 25.8 Å². The molecule has 0 bridgehead atoms. The van der Waals surface area contributed by atoms with Crippen LogP contribution in [0.3, 0.4) is 0 Å². The molecule has 1 amide bonds. The van der Waals surface area contributed by atoms with Crippen LogP contribution in [-0.2, 0) is 4.79 Å². The number of amides is 1. The van der Waals surface area contributed by atoms with Gasteiger partial charge in [0.1, 0.15) is 0 Å². The van der Waals surface area contributed by atoms with E-state index in [0.29, 0.717) is 0 Å². The monoisotopic (exact) mass is 168 g/mol. The van der Waals surface area contributed by atoms with Crippen molar-refractivity contribution in [1.82, 2.24) is 10.6 Å². The van der Waals surface area contributed by atoms with Gasteiger partial charge in [-0.3, -0.25) is 4.79 Å². The van der Waals surface area contributed by atoms with Gasteiger partial charge in [-0.2, -0.15) is 0 Å². The molecule has 0 saturated carbocycles. The molecule has 1 aliphatic heterocycles. The molecule has 0 aromatic rings. The first-order chi connectivity index (χ1) is 5.70. The van der Waals surface area contributed by atoms with Crippen LogP contribution in [0.25, 0.3) is 0 Å². The summed E-state index contributed by atoms with van der Waals surface area (Å²) in [6.07, 6.45) is 2.01. The van der Waals surface area contributed by atoms with Crippen LogP contribution >= 0.6 is 0 Å². The maximum absolute atomic E-state index is 11.2. The van der Waals surface area contributed by atoms with E-state index in [-0.39, 0.29) is 11.9 Å². The predicted octanol–water partition coefficient (Wildman–Crippen LogP) is 0.431. The van der Waals surface area contributed by atoms with Gasteiger partial charge in [-0.05, 0) is 19.8 Å². The Hall–Kier alpha value is -0.830. The normalized spacial score (nSPS) is 23.4. The van der Waals surface area contributed by atoms with Gasteiger partial charge in [0, 0.05) is 13.1 Å². The van der Waals surface area contributed by atoms with Crippen molar-refractivity contribution < 1.29 is 4.79 Å². The van der Waals surface area contributed by atoms with E-state index in [2.05, 4.69) is 17.2 Å². The van der Waals surface area contributed by atoms with Gasteiger partial charge in [-0.1, -0.05) is 12.2 Å². The van der Waals surface area contributed by atoms with E-state index in [1.165, 1.54) is 0 Å². The second-order valence-corrected chi connectivity index (χ2v) is 3.32. The minimum atomic E-state index is -0.00421. The van der Waals surface area contributed by atoms with Crippen molar-refractivity contribution >= 4 is 5.91 Å². The number of hydrogen-bond acceptors (Lipinski definition) is 2. The Morgan fingerprint density at radius 1 is 1.83 bits per heavy atom. The molecule has 0 radical (unpaired) electrons. The van der Waals surface area contributed by atoms with Crippen molar-refractivity contribution in [3.05, 3.63) is 12.2 Å². The topological polar surface area (TPSA) is 41.1 Å². The highest BCUT2D eigenvalue weighted by molar-refractivity contribution is 5.82. The summed E-state index contributed by atoms with van der Waals surface area (Å²) in [5, 5.41) is 5.98. The van der Waals surface area contributed by atoms with E-state index in [4.69, 9.17) is 0 Å². The van der Waals surface area contributed by atoms with Crippen molar-refractivity contribution in [3.63, 3.8) is 0 Å². The fourth-order valence-corrected chi connectivity index (χ4v) is 1.26. The number of carbonyl (C=O) groups excluding carboxylic acids is 1. The van der Waals surface area contributed by atoms with Crippen LogP contribution < -0.4 is 10.6 Å². The summed E-state index contributed by atoms with van der Waals surface area (Å²) < 4.78 is 0. The average Bonchev–Trinajstić information content (AvgIpc) is 2.03. The minimum absolute atomic E-state index is 0.00421. The molecule has 0 aromatic heterocycles. The number of nitrogens with one attached hydrogen (secondary N) is 2. The lowest BCUT2D eigenvalue weighted by Crippen LogP contribution is -2.48. The maximum atomic E-state index is 11.2. The predicted molar refractivity (Wildman–Crippen MR) is 48.8 cm³/mol. The Kier molecular flexibility index (Phi) is 3.29. The van der Waals surface area contributed by atoms with Crippen molar-refractivity contribution in [3.8, 4) is 0 Å². The summed E-state index contributed by atoms with van der Waals surface area (Å²) in [6.45, 7) is 7.28. The third-order valence-electron chi connectivity index (χ3n) is 1.94. The zero-order chi connectivity index (χ0) is 8.97. The third-order valence-corrected chi connectivity index (χ3v) is 1.94. The zero-order valence-electron chi connectivity index (χ0n) is 7.52. The molecule has 0 aliphatic carbocycles. The summed E-state index contributed by atoms with van der Waals surface area (Å²) in [6, 6.07) is -0.00421. The maximum Gasteiger partial charge on any atom is 0.237 e. The van der Waals surface area contributed by atoms with Gasteiger partial charge < -0.3 is 10.6 Å². The molecular formula is C9H16N2O. The summed E-state index contributed by atoms with van der Waals surface area (Å²) in [5.74, 6) is 0.127. The molecule has 1 fully saturated rings. The van der Waals surface area contributed by atoms with E-state index in [0.717, 1.165) is 31.5 Å². The van der Waals surface area contributed by atoms with Crippen LogP contribution in [0, 0.1) is 0 Å². The highest BCUT2D eigenvalue weighted by Gasteiger charge is 2.20. The molecule has 1 aliphatic rings. The highest BCUT2D eigenvalue weighted by atomic mass is 16.2. The van der Waals surface area contributed by atoms with Gasteiger partial charge in [0.25, 0.3) is 0 Å². The van der Waals surface area contributed by atoms with Crippen molar-refractivity contribution in [1.29, 1.82) is 0 Å². The lowest BCUT2D eigenvalue weighted by Gasteiger charge is -2.22. The molecular weight excluding hydrogens is 152 g/mol. The standard InChI is InChI=1S/C9H16N2O/c1-7(2)6-11-8-4-3-5-10-9(8)12/h8,11H,1,3-6H2,2H3,(H,10,12). The lowest BCUT2D eigenvalue weighted by molar-refractivity contribution is -0.124. The van der Waals surface area contributed by atoms with Crippen LogP contribution in [0.5, 0.6) is 0 Å². The van der Waals surface area contributed by atoms with E-state index in [1.807, 2.05) is 6.92 Å². The van der Waals surface area contributed by atoms with Crippen LogP contribution in [0.2, 0.25) is 0 Å². The molecule has 1 heterocycles. The molecule has 2 N–H and O–H groups in total. The van der Waals surface area contributed by atoms with E-state index >= 15 is 0 Å². The molecule has 1 rings (SSSR count). The number of piperidine rings is 1. The molecule has 68 valence electrons. The van der Waals surface area contributed by atoms with Crippen LogP contribution in [0.15, 0.2) is 12.2 Å². The van der Waals surface area contributed by atoms with Gasteiger partial charge in [-0.25, -0.2) is 0 Å². The van der Waals surface area contributed by atoms with E-state index < -0.39 is 0 Å². The van der Waals surface area contributed by atoms with E-state index in [1.54, 1.807) is 0 Å². The van der Waals surface area contributed by atoms with Crippen molar-refractivity contribution in [2.24, 2.45) is 0 Å². The van der Waals surface area contributed by atoms with Gasteiger partial charge in [0.15, 0.2) is 0 Å². The summed E-state index contributed by atoms with van der Waals surface area (Å²) in [5.41, 5.74) is 1.06. The largest absolute Gasteiger partial charge is 0.355 e. The Morgan fingerprint density at radius 2 is 2.58 bits per heavy atom. The lowest BCUT2D eigenvalue weighted by atomic mass is 10.1. The summed E-state index contributed by atoms with van der Waals surface area (Å²) >= 11 is 0. The van der Waals surface area contributed by atoms with Gasteiger partial charge in [-0.15, -0.1) is 0 Å². The number of hydrogen-bond donors (Lipinski definition) is 2. The molecule has 1 unspecified atom stereocenters. The summed E-state index contributed by atoms with van der Waals surface area (Å²) in [7, 11) is 0. The quantitative estimate of drug-likeness (QED) is 0.600. The van der Waals surface area contributed by atoms with Crippen molar-refractivity contribution in [2.75, 3.05) is 13.1 Å². The van der Waals surface area contributed by atoms with Crippen LogP contribution in [0.4, 0.5) is 0 Å². The molecule has 1 saturated heterocycles. The Morgan fingerprint density at radius 3 is 3.17 bits per heavy atom. The molecule has 12 heavy (non-hydrogen) atoms. The smallest absolute Gasteiger partial charge is 0.237 e. The van der Waals surface area contributed by atoms with Gasteiger partial charge in [0.2, 0.25) is 5.91 Å². The molecule has 3 nitrogen and oxygen atoms in total.